The van der Waals surface area contributed by atoms with Crippen LogP contribution in [0.25, 0.3) is 0 Å². The van der Waals surface area contributed by atoms with Crippen molar-refractivity contribution >= 4 is 5.69 Å². The summed E-state index contributed by atoms with van der Waals surface area (Å²) in [6.07, 6.45) is 3.36. The largest absolute Gasteiger partial charge is 0.363 e. The Hall–Kier alpha value is -1.09. The van der Waals surface area contributed by atoms with Crippen LogP contribution in [0, 0.1) is 12.7 Å². The third-order valence-corrected chi connectivity index (χ3v) is 4.02. The molecule has 0 bridgehead atoms. The molecule has 19 heavy (non-hydrogen) atoms. The molecule has 0 amide bonds. The maximum Gasteiger partial charge on any atom is 0.146 e. The lowest BCUT2D eigenvalue weighted by atomic mass is 10.0. The van der Waals surface area contributed by atoms with E-state index in [1.807, 2.05) is 19.1 Å². The summed E-state index contributed by atoms with van der Waals surface area (Å²) in [5.74, 6) is -0.0961. The van der Waals surface area contributed by atoms with E-state index >= 15 is 0 Å². The molecule has 0 aromatic heterocycles. The predicted molar refractivity (Wildman–Crippen MR) is 79.3 cm³/mol. The van der Waals surface area contributed by atoms with E-state index in [9.17, 15) is 4.39 Å². The molecule has 1 fully saturated rings. The predicted octanol–water partition coefficient (Wildman–Crippen LogP) is 3.49. The quantitative estimate of drug-likeness (QED) is 0.895. The van der Waals surface area contributed by atoms with Crippen molar-refractivity contribution in [1.29, 1.82) is 0 Å². The van der Waals surface area contributed by atoms with Gasteiger partial charge in [-0.1, -0.05) is 26.3 Å². The maximum atomic E-state index is 14.1. The topological polar surface area (TPSA) is 15.3 Å². The molecule has 2 atom stereocenters. The molecule has 1 aliphatic heterocycles. The van der Waals surface area contributed by atoms with Gasteiger partial charge >= 0.3 is 0 Å². The van der Waals surface area contributed by atoms with Gasteiger partial charge in [0.25, 0.3) is 0 Å². The Kier molecular flexibility index (Phi) is 4.81. The molecule has 0 spiro atoms. The van der Waals surface area contributed by atoms with E-state index in [1.54, 1.807) is 6.07 Å². The summed E-state index contributed by atoms with van der Waals surface area (Å²) in [7, 11) is 0. The highest BCUT2D eigenvalue weighted by molar-refractivity contribution is 5.51. The zero-order valence-electron chi connectivity index (χ0n) is 12.2. The van der Waals surface area contributed by atoms with Crippen molar-refractivity contribution in [1.82, 2.24) is 5.32 Å². The number of benzene rings is 1. The highest BCUT2D eigenvalue weighted by atomic mass is 19.1. The first kappa shape index (κ1) is 14.3. The van der Waals surface area contributed by atoms with Crippen LogP contribution >= 0.6 is 0 Å². The number of anilines is 1. The van der Waals surface area contributed by atoms with E-state index in [4.69, 9.17) is 0 Å². The molecule has 1 N–H and O–H groups in total. The molecule has 3 heteroatoms. The lowest BCUT2D eigenvalue weighted by molar-refractivity contribution is 0.366. The van der Waals surface area contributed by atoms with Crippen LogP contribution in [0.3, 0.4) is 0 Å². The normalized spacial score (nSPS) is 23.7. The van der Waals surface area contributed by atoms with E-state index in [0.29, 0.717) is 12.1 Å². The molecular weight excluding hydrogens is 239 g/mol. The lowest BCUT2D eigenvalue weighted by Crippen LogP contribution is -2.56. The van der Waals surface area contributed by atoms with Crippen molar-refractivity contribution < 1.29 is 4.39 Å². The number of halogens is 1. The molecule has 2 unspecified atom stereocenters. The molecule has 2 rings (SSSR count). The molecule has 1 saturated heterocycles. The highest BCUT2D eigenvalue weighted by Crippen LogP contribution is 2.26. The summed E-state index contributed by atoms with van der Waals surface area (Å²) in [5.41, 5.74) is 1.89. The number of nitrogens with zero attached hydrogens (tertiary/aromatic N) is 1. The van der Waals surface area contributed by atoms with Gasteiger partial charge in [0.1, 0.15) is 5.82 Å². The molecule has 1 aliphatic rings. The summed E-state index contributed by atoms with van der Waals surface area (Å²) < 4.78 is 14.1. The molecule has 1 heterocycles. The Labute approximate surface area is 116 Å². The van der Waals surface area contributed by atoms with Crippen LogP contribution in [0.5, 0.6) is 0 Å². The second kappa shape index (κ2) is 6.38. The van der Waals surface area contributed by atoms with E-state index < -0.39 is 0 Å². The zero-order chi connectivity index (χ0) is 13.8. The van der Waals surface area contributed by atoms with Gasteiger partial charge in [-0.25, -0.2) is 4.39 Å². The van der Waals surface area contributed by atoms with Gasteiger partial charge in [-0.2, -0.15) is 0 Å². The zero-order valence-corrected chi connectivity index (χ0v) is 12.2. The van der Waals surface area contributed by atoms with Crippen LogP contribution in [-0.4, -0.2) is 25.2 Å². The average Bonchev–Trinajstić information content (AvgIpc) is 2.42. The highest BCUT2D eigenvalue weighted by Gasteiger charge is 2.28. The molecule has 1 aromatic rings. The summed E-state index contributed by atoms with van der Waals surface area (Å²) >= 11 is 0. The molecule has 0 radical (unpaired) electrons. The molecule has 2 nitrogen and oxygen atoms in total. The van der Waals surface area contributed by atoms with Crippen LogP contribution in [0.4, 0.5) is 10.1 Å². The van der Waals surface area contributed by atoms with Gasteiger partial charge < -0.3 is 10.2 Å². The monoisotopic (exact) mass is 264 g/mol. The fourth-order valence-electron chi connectivity index (χ4n) is 2.91. The number of hydrogen-bond donors (Lipinski definition) is 1. The summed E-state index contributed by atoms with van der Waals surface area (Å²) in [6, 6.07) is 6.28. The van der Waals surface area contributed by atoms with E-state index in [2.05, 4.69) is 24.1 Å². The van der Waals surface area contributed by atoms with Crippen LogP contribution in [0.1, 0.15) is 38.7 Å². The summed E-state index contributed by atoms with van der Waals surface area (Å²) in [4.78, 5) is 2.26. The summed E-state index contributed by atoms with van der Waals surface area (Å²) in [6.45, 7) is 8.26. The van der Waals surface area contributed by atoms with Gasteiger partial charge in [-0.3, -0.25) is 0 Å². The molecule has 1 aromatic carbocycles. The Morgan fingerprint density at radius 3 is 2.84 bits per heavy atom. The van der Waals surface area contributed by atoms with Gasteiger partial charge in [-0.15, -0.1) is 0 Å². The first-order chi connectivity index (χ1) is 9.15. The smallest absolute Gasteiger partial charge is 0.146 e. The lowest BCUT2D eigenvalue weighted by Gasteiger charge is -2.42. The number of rotatable bonds is 4. The fourth-order valence-corrected chi connectivity index (χ4v) is 2.91. The molecule has 0 aliphatic carbocycles. The van der Waals surface area contributed by atoms with Crippen molar-refractivity contribution in [3.63, 3.8) is 0 Å². The molecule has 106 valence electrons. The van der Waals surface area contributed by atoms with E-state index in [0.717, 1.165) is 37.2 Å². The minimum absolute atomic E-state index is 0.0961. The van der Waals surface area contributed by atoms with E-state index in [-0.39, 0.29) is 5.82 Å². The van der Waals surface area contributed by atoms with Gasteiger partial charge in [-0.05, 0) is 37.5 Å². The Morgan fingerprint density at radius 1 is 1.37 bits per heavy atom. The van der Waals surface area contributed by atoms with Crippen LogP contribution in [0.2, 0.25) is 0 Å². The standard InChI is InChI=1S/C16H25FN2/c1-4-6-13-11-19(14(5-2)10-18-13)16-9-12(3)7-8-15(16)17/h7-9,13-14,18H,4-6,10-11H2,1-3H3. The second-order valence-corrected chi connectivity index (χ2v) is 5.56. The Balaban J connectivity index is 2.24. The Bertz CT molecular complexity index is 419. The number of nitrogens with one attached hydrogen (secondary N) is 1. The van der Waals surface area contributed by atoms with Gasteiger partial charge in [0.15, 0.2) is 0 Å². The molecular formula is C16H25FN2. The minimum Gasteiger partial charge on any atom is -0.363 e. The third kappa shape index (κ3) is 3.27. The first-order valence-corrected chi connectivity index (χ1v) is 7.41. The second-order valence-electron chi connectivity index (χ2n) is 5.56. The van der Waals surface area contributed by atoms with Crippen molar-refractivity contribution in [3.05, 3.63) is 29.6 Å². The minimum atomic E-state index is -0.0961. The van der Waals surface area contributed by atoms with Crippen LogP contribution in [-0.2, 0) is 0 Å². The van der Waals surface area contributed by atoms with Crippen LogP contribution in [0.15, 0.2) is 18.2 Å². The van der Waals surface area contributed by atoms with Crippen molar-refractivity contribution in [3.8, 4) is 0 Å². The van der Waals surface area contributed by atoms with Crippen molar-refractivity contribution in [2.75, 3.05) is 18.0 Å². The molecule has 0 saturated carbocycles. The van der Waals surface area contributed by atoms with E-state index in [1.165, 1.54) is 6.42 Å². The number of hydrogen-bond acceptors (Lipinski definition) is 2. The fraction of sp³-hybridized carbons (Fsp3) is 0.625. The SMILES string of the molecule is CCCC1CN(c2cc(C)ccc2F)C(CC)CN1. The van der Waals surface area contributed by atoms with Gasteiger partial charge in [0.2, 0.25) is 0 Å². The van der Waals surface area contributed by atoms with Crippen LogP contribution < -0.4 is 10.2 Å². The maximum absolute atomic E-state index is 14.1. The first-order valence-electron chi connectivity index (χ1n) is 7.41. The number of aryl methyl sites for hydroxylation is 1. The van der Waals surface area contributed by atoms with Gasteiger partial charge in [0, 0.05) is 25.2 Å². The van der Waals surface area contributed by atoms with Gasteiger partial charge in [0.05, 0.1) is 5.69 Å². The third-order valence-electron chi connectivity index (χ3n) is 4.02. The summed E-state index contributed by atoms with van der Waals surface area (Å²) in [5, 5.41) is 3.59. The van der Waals surface area contributed by atoms with Crippen molar-refractivity contribution in [2.24, 2.45) is 0 Å². The van der Waals surface area contributed by atoms with Crippen molar-refractivity contribution in [2.45, 2.75) is 52.1 Å². The average molecular weight is 264 g/mol. The number of piperazine rings is 1. The Morgan fingerprint density at radius 2 is 2.16 bits per heavy atom.